The van der Waals surface area contributed by atoms with E-state index in [2.05, 4.69) is 5.32 Å². The topological polar surface area (TPSA) is 55.4 Å². The standard InChI is InChI=1S/C17H23NO3/c1-12-7-6-8-14(11-12)9-10-15(19)18-13(2)16(20)21-17(3,4)5/h6-11,13H,1-5H3,(H,18,19)/b10-9+/t13-/m0/s1. The monoisotopic (exact) mass is 289 g/mol. The molecule has 0 radical (unpaired) electrons. The highest BCUT2D eigenvalue weighted by molar-refractivity contribution is 5.94. The molecule has 1 aromatic rings. The maximum atomic E-state index is 11.8. The van der Waals surface area contributed by atoms with Gasteiger partial charge in [-0.3, -0.25) is 4.79 Å². The van der Waals surface area contributed by atoms with Crippen LogP contribution in [0.1, 0.15) is 38.8 Å². The van der Waals surface area contributed by atoms with Crippen molar-refractivity contribution in [2.45, 2.75) is 46.3 Å². The lowest BCUT2D eigenvalue weighted by atomic mass is 10.1. The molecule has 1 rings (SSSR count). The van der Waals surface area contributed by atoms with Gasteiger partial charge in [0.2, 0.25) is 5.91 Å². The summed E-state index contributed by atoms with van der Waals surface area (Å²) in [5.74, 6) is -0.769. The van der Waals surface area contributed by atoms with Gasteiger partial charge in [-0.1, -0.05) is 29.8 Å². The summed E-state index contributed by atoms with van der Waals surface area (Å²) in [6, 6.07) is 7.12. The number of amides is 1. The molecule has 0 spiro atoms. The Labute approximate surface area is 126 Å². The van der Waals surface area contributed by atoms with Crippen LogP contribution in [0.2, 0.25) is 0 Å². The molecule has 4 nitrogen and oxygen atoms in total. The molecule has 0 unspecified atom stereocenters. The van der Waals surface area contributed by atoms with Gasteiger partial charge in [0, 0.05) is 6.08 Å². The number of nitrogens with one attached hydrogen (secondary N) is 1. The lowest BCUT2D eigenvalue weighted by Crippen LogP contribution is -2.41. The second-order valence-electron chi connectivity index (χ2n) is 6.01. The fourth-order valence-corrected chi connectivity index (χ4v) is 1.66. The van der Waals surface area contributed by atoms with Crippen LogP contribution in [-0.2, 0) is 14.3 Å². The zero-order valence-corrected chi connectivity index (χ0v) is 13.3. The van der Waals surface area contributed by atoms with Crippen molar-refractivity contribution in [3.05, 3.63) is 41.5 Å². The first-order valence-corrected chi connectivity index (χ1v) is 6.95. The molecule has 0 saturated carbocycles. The Morgan fingerprint density at radius 3 is 2.52 bits per heavy atom. The van der Waals surface area contributed by atoms with E-state index in [-0.39, 0.29) is 5.91 Å². The van der Waals surface area contributed by atoms with Crippen molar-refractivity contribution < 1.29 is 14.3 Å². The Bertz CT molecular complexity index is 541. The minimum absolute atomic E-state index is 0.324. The highest BCUT2D eigenvalue weighted by Gasteiger charge is 2.22. The van der Waals surface area contributed by atoms with E-state index >= 15 is 0 Å². The number of benzene rings is 1. The van der Waals surface area contributed by atoms with E-state index in [1.54, 1.807) is 33.8 Å². The van der Waals surface area contributed by atoms with Gasteiger partial charge in [0.1, 0.15) is 11.6 Å². The van der Waals surface area contributed by atoms with Crippen LogP contribution < -0.4 is 5.32 Å². The first kappa shape index (κ1) is 17.0. The van der Waals surface area contributed by atoms with Gasteiger partial charge in [0.15, 0.2) is 0 Å². The third-order valence-electron chi connectivity index (χ3n) is 2.59. The van der Waals surface area contributed by atoms with E-state index < -0.39 is 17.6 Å². The van der Waals surface area contributed by atoms with Crippen molar-refractivity contribution in [2.24, 2.45) is 0 Å². The van der Waals surface area contributed by atoms with Crippen molar-refractivity contribution in [3.8, 4) is 0 Å². The zero-order chi connectivity index (χ0) is 16.0. The van der Waals surface area contributed by atoms with Gasteiger partial charge in [-0.05, 0) is 46.3 Å². The molecule has 0 heterocycles. The van der Waals surface area contributed by atoms with E-state index in [0.29, 0.717) is 0 Å². The number of hydrogen-bond donors (Lipinski definition) is 1. The third-order valence-corrected chi connectivity index (χ3v) is 2.59. The molecule has 0 bridgehead atoms. The second-order valence-corrected chi connectivity index (χ2v) is 6.01. The maximum absolute atomic E-state index is 11.8. The molecule has 0 aliphatic rings. The molecule has 0 aromatic heterocycles. The smallest absolute Gasteiger partial charge is 0.328 e. The third kappa shape index (κ3) is 6.75. The van der Waals surface area contributed by atoms with E-state index in [1.807, 2.05) is 31.2 Å². The second kappa shape index (κ2) is 7.07. The summed E-state index contributed by atoms with van der Waals surface area (Å²) in [4.78, 5) is 23.5. The van der Waals surface area contributed by atoms with Crippen molar-refractivity contribution in [3.63, 3.8) is 0 Å². The SMILES string of the molecule is Cc1cccc(/C=C/C(=O)N[C@@H](C)C(=O)OC(C)(C)C)c1. The van der Waals surface area contributed by atoms with Crippen molar-refractivity contribution >= 4 is 18.0 Å². The molecule has 21 heavy (non-hydrogen) atoms. The quantitative estimate of drug-likeness (QED) is 0.685. The molecule has 0 saturated heterocycles. The lowest BCUT2D eigenvalue weighted by Gasteiger charge is -2.22. The number of rotatable bonds is 4. The molecule has 4 heteroatoms. The average Bonchev–Trinajstić information content (AvgIpc) is 2.34. The molecule has 1 N–H and O–H groups in total. The fourth-order valence-electron chi connectivity index (χ4n) is 1.66. The number of esters is 1. The summed E-state index contributed by atoms with van der Waals surface area (Å²) in [7, 11) is 0. The summed E-state index contributed by atoms with van der Waals surface area (Å²) in [6.07, 6.45) is 3.12. The molecular weight excluding hydrogens is 266 g/mol. The molecule has 0 aliphatic carbocycles. The Balaban J connectivity index is 2.55. The highest BCUT2D eigenvalue weighted by atomic mass is 16.6. The van der Waals surface area contributed by atoms with Gasteiger partial charge in [-0.2, -0.15) is 0 Å². The number of carbonyl (C=O) groups is 2. The zero-order valence-electron chi connectivity index (χ0n) is 13.3. The van der Waals surface area contributed by atoms with Gasteiger partial charge in [0.25, 0.3) is 0 Å². The maximum Gasteiger partial charge on any atom is 0.328 e. The molecule has 1 amide bonds. The van der Waals surface area contributed by atoms with Crippen LogP contribution in [-0.4, -0.2) is 23.5 Å². The van der Waals surface area contributed by atoms with Gasteiger partial charge in [-0.25, -0.2) is 4.79 Å². The summed E-state index contributed by atoms with van der Waals surface area (Å²) >= 11 is 0. The summed E-state index contributed by atoms with van der Waals surface area (Å²) in [5.41, 5.74) is 1.50. The Hall–Kier alpha value is -2.10. The summed E-state index contributed by atoms with van der Waals surface area (Å²) in [5, 5.41) is 2.59. The van der Waals surface area contributed by atoms with Crippen LogP contribution in [0.25, 0.3) is 6.08 Å². The Morgan fingerprint density at radius 2 is 1.95 bits per heavy atom. The summed E-state index contributed by atoms with van der Waals surface area (Å²) in [6.45, 7) is 8.96. The molecule has 0 fully saturated rings. The minimum atomic E-state index is -0.682. The number of ether oxygens (including phenoxy) is 1. The number of carbonyl (C=O) groups excluding carboxylic acids is 2. The molecule has 114 valence electrons. The van der Waals surface area contributed by atoms with Crippen LogP contribution in [0.15, 0.2) is 30.3 Å². The molecule has 1 aromatic carbocycles. The van der Waals surface area contributed by atoms with Crippen molar-refractivity contribution in [1.82, 2.24) is 5.32 Å². The molecule has 0 aliphatic heterocycles. The van der Waals surface area contributed by atoms with Crippen LogP contribution in [0, 0.1) is 6.92 Å². The van der Waals surface area contributed by atoms with Crippen molar-refractivity contribution in [2.75, 3.05) is 0 Å². The van der Waals surface area contributed by atoms with E-state index in [4.69, 9.17) is 4.74 Å². The normalized spacial score (nSPS) is 13.0. The summed E-state index contributed by atoms with van der Waals surface area (Å²) < 4.78 is 5.20. The number of hydrogen-bond acceptors (Lipinski definition) is 3. The van der Waals surface area contributed by atoms with E-state index in [9.17, 15) is 9.59 Å². The lowest BCUT2D eigenvalue weighted by molar-refractivity contribution is -0.157. The average molecular weight is 289 g/mol. The first-order valence-electron chi connectivity index (χ1n) is 6.95. The highest BCUT2D eigenvalue weighted by Crippen LogP contribution is 2.08. The van der Waals surface area contributed by atoms with Gasteiger partial charge in [-0.15, -0.1) is 0 Å². The van der Waals surface area contributed by atoms with Crippen LogP contribution in [0.5, 0.6) is 0 Å². The Morgan fingerprint density at radius 1 is 1.29 bits per heavy atom. The molecular formula is C17H23NO3. The number of aryl methyl sites for hydroxylation is 1. The fraction of sp³-hybridized carbons (Fsp3) is 0.412. The molecule has 1 atom stereocenters. The predicted octanol–water partition coefficient (Wildman–Crippen LogP) is 2.85. The van der Waals surface area contributed by atoms with Gasteiger partial charge < -0.3 is 10.1 Å². The van der Waals surface area contributed by atoms with Crippen LogP contribution in [0.3, 0.4) is 0 Å². The Kier molecular flexibility index (Phi) is 5.70. The van der Waals surface area contributed by atoms with Crippen LogP contribution in [0.4, 0.5) is 0 Å². The van der Waals surface area contributed by atoms with Gasteiger partial charge in [0.05, 0.1) is 0 Å². The van der Waals surface area contributed by atoms with E-state index in [0.717, 1.165) is 11.1 Å². The van der Waals surface area contributed by atoms with E-state index in [1.165, 1.54) is 6.08 Å². The largest absolute Gasteiger partial charge is 0.458 e. The van der Waals surface area contributed by atoms with Crippen LogP contribution >= 0.6 is 0 Å². The van der Waals surface area contributed by atoms with Gasteiger partial charge >= 0.3 is 5.97 Å². The first-order chi connectivity index (χ1) is 9.67. The predicted molar refractivity (Wildman–Crippen MR) is 83.7 cm³/mol. The van der Waals surface area contributed by atoms with Crippen molar-refractivity contribution in [1.29, 1.82) is 0 Å². The minimum Gasteiger partial charge on any atom is -0.458 e.